The van der Waals surface area contributed by atoms with Crippen molar-refractivity contribution in [3.05, 3.63) is 34.2 Å². The zero-order valence-electron chi connectivity index (χ0n) is 12.3. The van der Waals surface area contributed by atoms with Crippen LogP contribution in [-0.4, -0.2) is 28.1 Å². The van der Waals surface area contributed by atoms with Gasteiger partial charge in [0, 0.05) is 18.8 Å². The lowest BCUT2D eigenvalue weighted by Crippen LogP contribution is -2.42. The third-order valence-corrected chi connectivity index (χ3v) is 3.32. The summed E-state index contributed by atoms with van der Waals surface area (Å²) in [6, 6.07) is 3.26. The zero-order chi connectivity index (χ0) is 14.8. The molecule has 0 radical (unpaired) electrons. The maximum Gasteiger partial charge on any atom is 0.410 e. The molecule has 2 heterocycles. The van der Waals surface area contributed by atoms with Crippen LogP contribution >= 0.6 is 0 Å². The number of H-pyrrole nitrogens is 1. The monoisotopic (exact) mass is 278 g/mol. The van der Waals surface area contributed by atoms with Crippen LogP contribution in [0.15, 0.2) is 23.1 Å². The van der Waals surface area contributed by atoms with Crippen LogP contribution in [0, 0.1) is 0 Å². The molecule has 2 rings (SSSR count). The van der Waals surface area contributed by atoms with Crippen LogP contribution in [0.2, 0.25) is 0 Å². The first-order valence-corrected chi connectivity index (χ1v) is 7.05. The Morgan fingerprint density at radius 1 is 1.35 bits per heavy atom. The Bertz CT molecular complexity index is 510. The number of piperidine rings is 1. The number of carbonyl (C=O) groups is 1. The van der Waals surface area contributed by atoms with E-state index in [0.717, 1.165) is 24.8 Å². The molecule has 1 aliphatic rings. The molecule has 5 heteroatoms. The summed E-state index contributed by atoms with van der Waals surface area (Å²) >= 11 is 0. The van der Waals surface area contributed by atoms with E-state index in [2.05, 4.69) is 4.98 Å². The second-order valence-electron chi connectivity index (χ2n) is 6.17. The summed E-state index contributed by atoms with van der Waals surface area (Å²) in [6.07, 6.45) is 4.36. The molecule has 0 unspecified atom stereocenters. The van der Waals surface area contributed by atoms with Gasteiger partial charge in [-0.15, -0.1) is 0 Å². The maximum absolute atomic E-state index is 12.3. The highest BCUT2D eigenvalue weighted by Gasteiger charge is 2.31. The average molecular weight is 278 g/mol. The molecule has 0 aromatic carbocycles. The summed E-state index contributed by atoms with van der Waals surface area (Å²) in [5, 5.41) is 0. The predicted molar refractivity (Wildman–Crippen MR) is 76.6 cm³/mol. The summed E-state index contributed by atoms with van der Waals surface area (Å²) in [6.45, 7) is 6.29. The van der Waals surface area contributed by atoms with Gasteiger partial charge in [-0.3, -0.25) is 4.79 Å². The highest BCUT2D eigenvalue weighted by Crippen LogP contribution is 2.31. The van der Waals surface area contributed by atoms with Crippen LogP contribution in [-0.2, 0) is 4.74 Å². The highest BCUT2D eigenvalue weighted by molar-refractivity contribution is 5.69. The molecule has 0 aliphatic carbocycles. The fourth-order valence-corrected chi connectivity index (χ4v) is 2.45. The minimum atomic E-state index is -0.496. The van der Waals surface area contributed by atoms with Crippen molar-refractivity contribution in [3.8, 4) is 0 Å². The van der Waals surface area contributed by atoms with E-state index >= 15 is 0 Å². The molecule has 1 fully saturated rings. The number of hydrogen-bond acceptors (Lipinski definition) is 3. The van der Waals surface area contributed by atoms with E-state index in [-0.39, 0.29) is 17.7 Å². The Morgan fingerprint density at radius 2 is 2.10 bits per heavy atom. The number of ether oxygens (including phenoxy) is 1. The first kappa shape index (κ1) is 14.6. The largest absolute Gasteiger partial charge is 0.444 e. The van der Waals surface area contributed by atoms with Crippen LogP contribution in [0.25, 0.3) is 0 Å². The summed E-state index contributed by atoms with van der Waals surface area (Å²) in [4.78, 5) is 27.9. The minimum absolute atomic E-state index is 0.0181. The van der Waals surface area contributed by atoms with E-state index in [1.54, 1.807) is 17.2 Å². The van der Waals surface area contributed by atoms with Crippen LogP contribution in [0.3, 0.4) is 0 Å². The van der Waals surface area contributed by atoms with Crippen molar-refractivity contribution in [2.75, 3.05) is 6.54 Å². The number of nitrogens with zero attached hydrogens (tertiary/aromatic N) is 1. The lowest BCUT2D eigenvalue weighted by molar-refractivity contribution is 0.00948. The third-order valence-electron chi connectivity index (χ3n) is 3.32. The average Bonchev–Trinajstić information content (AvgIpc) is 2.38. The SMILES string of the molecule is CC(C)(C)OC(=O)N1CCCC[C@@H]1c1ccc(=O)[nH]c1. The first-order valence-electron chi connectivity index (χ1n) is 7.05. The molecule has 1 saturated heterocycles. The van der Waals surface area contributed by atoms with Gasteiger partial charge in [0.05, 0.1) is 6.04 Å². The van der Waals surface area contributed by atoms with Crippen molar-refractivity contribution in [2.45, 2.75) is 51.7 Å². The summed E-state index contributed by atoms with van der Waals surface area (Å²) in [5.74, 6) is 0. The van der Waals surface area contributed by atoms with Crippen LogP contribution in [0.4, 0.5) is 4.79 Å². The second-order valence-corrected chi connectivity index (χ2v) is 6.17. The fraction of sp³-hybridized carbons (Fsp3) is 0.600. The van der Waals surface area contributed by atoms with E-state index in [1.165, 1.54) is 6.07 Å². The van der Waals surface area contributed by atoms with E-state index in [1.807, 2.05) is 20.8 Å². The molecule has 1 atom stereocenters. The molecule has 1 aromatic heterocycles. The molecule has 1 N–H and O–H groups in total. The van der Waals surface area contributed by atoms with Crippen LogP contribution in [0.1, 0.15) is 51.6 Å². The lowest BCUT2D eigenvalue weighted by atomic mass is 9.97. The van der Waals surface area contributed by atoms with Gasteiger partial charge < -0.3 is 14.6 Å². The molecule has 5 nitrogen and oxygen atoms in total. The van der Waals surface area contributed by atoms with Gasteiger partial charge in [-0.2, -0.15) is 0 Å². The van der Waals surface area contributed by atoms with Gasteiger partial charge in [0.1, 0.15) is 5.60 Å². The molecule has 0 spiro atoms. The predicted octanol–water partition coefficient (Wildman–Crippen LogP) is 2.84. The quantitative estimate of drug-likeness (QED) is 0.859. The molecule has 110 valence electrons. The van der Waals surface area contributed by atoms with Crippen molar-refractivity contribution < 1.29 is 9.53 Å². The number of hydrogen-bond donors (Lipinski definition) is 1. The maximum atomic E-state index is 12.3. The second kappa shape index (κ2) is 5.69. The molecule has 20 heavy (non-hydrogen) atoms. The number of rotatable bonds is 1. The van der Waals surface area contributed by atoms with Crippen molar-refractivity contribution in [1.29, 1.82) is 0 Å². The summed E-state index contributed by atoms with van der Waals surface area (Å²) < 4.78 is 5.47. The topological polar surface area (TPSA) is 62.4 Å². The summed E-state index contributed by atoms with van der Waals surface area (Å²) in [5.41, 5.74) is 0.327. The van der Waals surface area contributed by atoms with Crippen LogP contribution < -0.4 is 5.56 Å². The zero-order valence-corrected chi connectivity index (χ0v) is 12.3. The number of carbonyl (C=O) groups excluding carboxylic acids is 1. The number of aromatic nitrogens is 1. The number of pyridine rings is 1. The van der Waals surface area contributed by atoms with Gasteiger partial charge in [0.25, 0.3) is 0 Å². The highest BCUT2D eigenvalue weighted by atomic mass is 16.6. The van der Waals surface area contributed by atoms with E-state index < -0.39 is 5.60 Å². The molecule has 1 aromatic rings. The summed E-state index contributed by atoms with van der Waals surface area (Å²) in [7, 11) is 0. The molecule has 1 amide bonds. The van der Waals surface area contributed by atoms with Crippen LogP contribution in [0.5, 0.6) is 0 Å². The van der Waals surface area contributed by atoms with Gasteiger partial charge in [0.2, 0.25) is 5.56 Å². The van der Waals surface area contributed by atoms with Gasteiger partial charge in [0.15, 0.2) is 0 Å². The number of likely N-dealkylation sites (tertiary alicyclic amines) is 1. The van der Waals surface area contributed by atoms with Crippen molar-refractivity contribution in [2.24, 2.45) is 0 Å². The number of amides is 1. The Balaban J connectivity index is 2.18. The standard InChI is InChI=1S/C15H22N2O3/c1-15(2,3)20-14(19)17-9-5-4-6-12(17)11-7-8-13(18)16-10-11/h7-8,10,12H,4-6,9H2,1-3H3,(H,16,18)/t12-/m1/s1. The van der Waals surface area contributed by atoms with Crippen molar-refractivity contribution >= 4 is 6.09 Å². The van der Waals surface area contributed by atoms with E-state index in [4.69, 9.17) is 4.74 Å². The Morgan fingerprint density at radius 3 is 2.70 bits per heavy atom. The Kier molecular flexibility index (Phi) is 4.16. The lowest BCUT2D eigenvalue weighted by Gasteiger charge is -2.36. The van der Waals surface area contributed by atoms with E-state index in [9.17, 15) is 9.59 Å². The smallest absolute Gasteiger partial charge is 0.410 e. The Hall–Kier alpha value is -1.78. The molecule has 0 saturated carbocycles. The molecular formula is C15H22N2O3. The van der Waals surface area contributed by atoms with E-state index in [0.29, 0.717) is 6.54 Å². The van der Waals surface area contributed by atoms with Gasteiger partial charge in [-0.1, -0.05) is 6.07 Å². The van der Waals surface area contributed by atoms with Gasteiger partial charge >= 0.3 is 6.09 Å². The fourth-order valence-electron chi connectivity index (χ4n) is 2.45. The first-order chi connectivity index (χ1) is 9.37. The third kappa shape index (κ3) is 3.62. The van der Waals surface area contributed by atoms with Crippen molar-refractivity contribution in [3.63, 3.8) is 0 Å². The van der Waals surface area contributed by atoms with Gasteiger partial charge in [-0.05, 0) is 45.6 Å². The molecule has 1 aliphatic heterocycles. The molecule has 0 bridgehead atoms. The van der Waals surface area contributed by atoms with Gasteiger partial charge in [-0.25, -0.2) is 4.79 Å². The normalized spacial score (nSPS) is 19.8. The molecular weight excluding hydrogens is 256 g/mol. The van der Waals surface area contributed by atoms with Crippen molar-refractivity contribution in [1.82, 2.24) is 9.88 Å². The number of nitrogens with one attached hydrogen (secondary N) is 1. The minimum Gasteiger partial charge on any atom is -0.444 e. The number of aromatic amines is 1. The Labute approximate surface area is 118 Å².